The van der Waals surface area contributed by atoms with Gasteiger partial charge in [0.15, 0.2) is 5.96 Å². The zero-order valence-corrected chi connectivity index (χ0v) is 21.0. The number of guanidine groups is 1. The van der Waals surface area contributed by atoms with Gasteiger partial charge < -0.3 is 43.2 Å². The summed E-state index contributed by atoms with van der Waals surface area (Å²) in [5.74, 6) is -3.50. The van der Waals surface area contributed by atoms with Crippen molar-refractivity contribution < 1.29 is 24.3 Å². The highest BCUT2D eigenvalue weighted by Gasteiger charge is 2.28. The molecule has 0 aliphatic carbocycles. The van der Waals surface area contributed by atoms with Gasteiger partial charge in [-0.25, -0.2) is 4.79 Å². The van der Waals surface area contributed by atoms with E-state index in [9.17, 15) is 24.3 Å². The minimum atomic E-state index is -1.19. The average Bonchev–Trinajstić information content (AvgIpc) is 3.24. The third-order valence-corrected chi connectivity index (χ3v) is 5.70. The molecule has 2 rings (SSSR count). The first kappa shape index (κ1) is 29.1. The van der Waals surface area contributed by atoms with Crippen LogP contribution in [0.1, 0.15) is 32.3 Å². The van der Waals surface area contributed by atoms with E-state index in [0.717, 1.165) is 16.5 Å². The SMILES string of the molecule is CC(C)C(NC(=O)C(CCCN=C(N)N)NC(=O)CNC(=O)C(N)Cc1c[nH]c2ccccc12)C(=O)O. The first-order chi connectivity index (χ1) is 17.5. The Labute approximate surface area is 214 Å². The number of aromatic nitrogens is 1. The van der Waals surface area contributed by atoms with E-state index in [1.165, 1.54) is 0 Å². The molecule has 1 heterocycles. The Bertz CT molecular complexity index is 1130. The Kier molecular flexibility index (Phi) is 10.9. The van der Waals surface area contributed by atoms with Crippen molar-refractivity contribution >= 4 is 40.6 Å². The molecule has 1 aromatic carbocycles. The molecule has 0 aliphatic heterocycles. The van der Waals surface area contributed by atoms with Crippen molar-refractivity contribution in [2.45, 2.75) is 51.2 Å². The first-order valence-corrected chi connectivity index (χ1v) is 12.0. The lowest BCUT2D eigenvalue weighted by Crippen LogP contribution is -2.54. The molecule has 13 nitrogen and oxygen atoms in total. The van der Waals surface area contributed by atoms with E-state index in [4.69, 9.17) is 17.2 Å². The minimum absolute atomic E-state index is 0.109. The zero-order valence-electron chi connectivity index (χ0n) is 21.0. The highest BCUT2D eigenvalue weighted by atomic mass is 16.4. The van der Waals surface area contributed by atoms with Crippen LogP contribution in [0.3, 0.4) is 0 Å². The van der Waals surface area contributed by atoms with Gasteiger partial charge in [0.05, 0.1) is 12.6 Å². The normalized spacial score (nSPS) is 13.4. The van der Waals surface area contributed by atoms with Crippen LogP contribution in [0, 0.1) is 5.92 Å². The molecule has 202 valence electrons. The molecule has 0 fully saturated rings. The van der Waals surface area contributed by atoms with Crippen molar-refractivity contribution in [1.82, 2.24) is 20.9 Å². The summed E-state index contributed by atoms with van der Waals surface area (Å²) in [5.41, 5.74) is 18.5. The monoisotopic (exact) mass is 516 g/mol. The topological polar surface area (TPSA) is 231 Å². The van der Waals surface area contributed by atoms with Gasteiger partial charge in [-0.05, 0) is 36.8 Å². The molecule has 0 aliphatic rings. The fraction of sp³-hybridized carbons (Fsp3) is 0.458. The summed E-state index contributed by atoms with van der Waals surface area (Å²) in [4.78, 5) is 56.2. The number of nitrogens with one attached hydrogen (secondary N) is 4. The van der Waals surface area contributed by atoms with Crippen LogP contribution in [0.5, 0.6) is 0 Å². The molecule has 0 radical (unpaired) electrons. The lowest BCUT2D eigenvalue weighted by Gasteiger charge is -2.23. The van der Waals surface area contributed by atoms with Gasteiger partial charge in [0, 0.05) is 23.6 Å². The number of aliphatic imine (C=N–C) groups is 1. The second-order valence-corrected chi connectivity index (χ2v) is 9.03. The molecule has 13 heteroatoms. The molecule has 37 heavy (non-hydrogen) atoms. The third-order valence-electron chi connectivity index (χ3n) is 5.70. The van der Waals surface area contributed by atoms with Crippen molar-refractivity contribution in [3.05, 3.63) is 36.0 Å². The summed E-state index contributed by atoms with van der Waals surface area (Å²) in [6.07, 6.45) is 2.54. The average molecular weight is 517 g/mol. The predicted octanol–water partition coefficient (Wildman–Crippen LogP) is -1.08. The highest BCUT2D eigenvalue weighted by Crippen LogP contribution is 2.18. The number of benzene rings is 1. The van der Waals surface area contributed by atoms with Crippen LogP contribution >= 0.6 is 0 Å². The fourth-order valence-corrected chi connectivity index (χ4v) is 3.71. The number of carbonyl (C=O) groups excluding carboxylic acids is 3. The number of carboxylic acid groups (broad SMARTS) is 1. The van der Waals surface area contributed by atoms with Crippen LogP contribution in [-0.2, 0) is 25.6 Å². The largest absolute Gasteiger partial charge is 0.480 e. The van der Waals surface area contributed by atoms with Gasteiger partial charge in [-0.1, -0.05) is 32.0 Å². The number of nitrogens with two attached hydrogens (primary N) is 3. The van der Waals surface area contributed by atoms with Gasteiger partial charge in [-0.3, -0.25) is 19.4 Å². The summed E-state index contributed by atoms with van der Waals surface area (Å²) in [6.45, 7) is 3.11. The third kappa shape index (κ3) is 9.11. The number of carbonyl (C=O) groups is 4. The number of carboxylic acids is 1. The Balaban J connectivity index is 1.95. The van der Waals surface area contributed by atoms with Crippen LogP contribution in [0.25, 0.3) is 10.9 Å². The number of fused-ring (bicyclic) bond motifs is 1. The summed E-state index contributed by atoms with van der Waals surface area (Å²) < 4.78 is 0. The maximum absolute atomic E-state index is 12.8. The van der Waals surface area contributed by atoms with E-state index >= 15 is 0 Å². The molecule has 3 amide bonds. The Hall–Kier alpha value is -4.13. The van der Waals surface area contributed by atoms with Gasteiger partial charge in [0.2, 0.25) is 17.7 Å². The van der Waals surface area contributed by atoms with E-state index in [1.807, 2.05) is 24.3 Å². The number of hydrogen-bond acceptors (Lipinski definition) is 6. The van der Waals surface area contributed by atoms with Gasteiger partial charge in [-0.15, -0.1) is 0 Å². The molecule has 0 spiro atoms. The van der Waals surface area contributed by atoms with Gasteiger partial charge >= 0.3 is 5.97 Å². The van der Waals surface area contributed by atoms with Crippen molar-refractivity contribution in [3.63, 3.8) is 0 Å². The number of aromatic amines is 1. The van der Waals surface area contributed by atoms with Crippen molar-refractivity contribution in [2.75, 3.05) is 13.1 Å². The van der Waals surface area contributed by atoms with E-state index in [2.05, 4.69) is 25.9 Å². The maximum Gasteiger partial charge on any atom is 0.326 e. The predicted molar refractivity (Wildman–Crippen MR) is 139 cm³/mol. The Morgan fingerprint density at radius 2 is 1.78 bits per heavy atom. The maximum atomic E-state index is 12.8. The van der Waals surface area contributed by atoms with Crippen molar-refractivity contribution in [3.8, 4) is 0 Å². The number of H-pyrrole nitrogens is 1. The van der Waals surface area contributed by atoms with Crippen molar-refractivity contribution in [1.29, 1.82) is 0 Å². The Morgan fingerprint density at radius 3 is 2.43 bits per heavy atom. The quantitative estimate of drug-likeness (QED) is 0.0871. The molecule has 0 saturated carbocycles. The van der Waals surface area contributed by atoms with Gasteiger partial charge in [0.1, 0.15) is 12.1 Å². The first-order valence-electron chi connectivity index (χ1n) is 12.0. The van der Waals surface area contributed by atoms with E-state index in [-0.39, 0.29) is 31.3 Å². The highest BCUT2D eigenvalue weighted by molar-refractivity contribution is 5.93. The van der Waals surface area contributed by atoms with Gasteiger partial charge in [-0.2, -0.15) is 0 Å². The van der Waals surface area contributed by atoms with Crippen molar-refractivity contribution in [2.24, 2.45) is 28.1 Å². The fourth-order valence-electron chi connectivity index (χ4n) is 3.71. The van der Waals surface area contributed by atoms with Crippen LogP contribution in [0.15, 0.2) is 35.5 Å². The van der Waals surface area contributed by atoms with E-state index in [1.54, 1.807) is 20.0 Å². The summed E-state index contributed by atoms with van der Waals surface area (Å²) >= 11 is 0. The van der Waals surface area contributed by atoms with Crippen LogP contribution in [0.4, 0.5) is 0 Å². The lowest BCUT2D eigenvalue weighted by atomic mass is 10.0. The number of aliphatic carboxylic acids is 1. The molecule has 11 N–H and O–H groups in total. The number of rotatable bonds is 14. The molecule has 0 saturated heterocycles. The van der Waals surface area contributed by atoms with Crippen LogP contribution < -0.4 is 33.2 Å². The van der Waals surface area contributed by atoms with Gasteiger partial charge in [0.25, 0.3) is 0 Å². The standard InChI is InChI=1S/C24H36N8O5/c1-13(2)20(23(36)37)32-22(35)18(8-5-9-28-24(26)27)31-19(33)12-30-21(34)16(25)10-14-11-29-17-7-4-3-6-15(14)17/h3-4,6-7,11,13,16,18,20,29H,5,8-10,12,25H2,1-2H3,(H,30,34)(H,31,33)(H,32,35)(H,36,37)(H4,26,27,28). The molecule has 2 aromatic rings. The van der Waals surface area contributed by atoms with Crippen LogP contribution in [0.2, 0.25) is 0 Å². The van der Waals surface area contributed by atoms with Crippen LogP contribution in [-0.4, -0.2) is 71.0 Å². The number of amides is 3. The summed E-state index contributed by atoms with van der Waals surface area (Å²) in [6, 6.07) is 4.54. The summed E-state index contributed by atoms with van der Waals surface area (Å²) in [7, 11) is 0. The molecule has 3 unspecified atom stereocenters. The molecule has 1 aromatic heterocycles. The lowest BCUT2D eigenvalue weighted by molar-refractivity contribution is -0.143. The second-order valence-electron chi connectivity index (χ2n) is 9.03. The second kappa shape index (κ2) is 13.8. The Morgan fingerprint density at radius 1 is 1.08 bits per heavy atom. The zero-order chi connectivity index (χ0) is 27.5. The molecular weight excluding hydrogens is 480 g/mol. The number of nitrogens with zero attached hydrogens (tertiary/aromatic N) is 1. The summed E-state index contributed by atoms with van der Waals surface area (Å²) in [5, 5.41) is 17.8. The smallest absolute Gasteiger partial charge is 0.326 e. The molecule has 0 bridgehead atoms. The molecular formula is C24H36N8O5. The number of hydrogen-bond donors (Lipinski definition) is 8. The van der Waals surface area contributed by atoms with E-state index in [0.29, 0.717) is 6.42 Å². The van der Waals surface area contributed by atoms with E-state index < -0.39 is 48.4 Å². The minimum Gasteiger partial charge on any atom is -0.480 e. The molecule has 3 atom stereocenters. The number of para-hydroxylation sites is 1.